The second-order valence-corrected chi connectivity index (χ2v) is 8.61. The molecular weight excluding hydrogens is 432 g/mol. The van der Waals surface area contributed by atoms with E-state index in [0.29, 0.717) is 29.7 Å². The van der Waals surface area contributed by atoms with E-state index in [1.807, 2.05) is 13.8 Å². The fourth-order valence-corrected chi connectivity index (χ4v) is 3.98. The van der Waals surface area contributed by atoms with Crippen molar-refractivity contribution in [2.45, 2.75) is 84.1 Å². The Morgan fingerprint density at radius 2 is 1.55 bits per heavy atom. The van der Waals surface area contributed by atoms with Gasteiger partial charge in [-0.3, -0.25) is 19.3 Å². The lowest BCUT2D eigenvalue weighted by atomic mass is 10.1. The van der Waals surface area contributed by atoms with Gasteiger partial charge in [0.2, 0.25) is 5.91 Å². The molecule has 0 spiro atoms. The normalized spacial score (nSPS) is 14.2. The van der Waals surface area contributed by atoms with Crippen molar-refractivity contribution in [3.8, 4) is 0 Å². The van der Waals surface area contributed by atoms with Gasteiger partial charge in [-0.1, -0.05) is 61.4 Å². The highest BCUT2D eigenvalue weighted by Crippen LogP contribution is 2.28. The van der Waals surface area contributed by atoms with Gasteiger partial charge >= 0.3 is 0 Å². The maximum absolute atomic E-state index is 12.6. The highest BCUT2D eigenvalue weighted by atomic mass is 79.9. The highest BCUT2D eigenvalue weighted by molar-refractivity contribution is 9.09. The molecule has 160 valence electrons. The average molecular weight is 465 g/mol. The van der Waals surface area contributed by atoms with Crippen LogP contribution < -0.4 is 5.32 Å². The van der Waals surface area contributed by atoms with Crippen LogP contribution in [0, 0.1) is 0 Å². The Morgan fingerprint density at radius 3 is 2.17 bits per heavy atom. The molecule has 3 amide bonds. The van der Waals surface area contributed by atoms with Gasteiger partial charge in [-0.2, -0.15) is 0 Å². The van der Waals surface area contributed by atoms with Crippen molar-refractivity contribution in [1.29, 1.82) is 0 Å². The summed E-state index contributed by atoms with van der Waals surface area (Å²) in [6.45, 7) is 3.82. The van der Waals surface area contributed by atoms with Crippen molar-refractivity contribution < 1.29 is 14.4 Å². The third kappa shape index (κ3) is 6.66. The summed E-state index contributed by atoms with van der Waals surface area (Å²) in [5.74, 6) is -0.561. The number of rotatable bonds is 13. The van der Waals surface area contributed by atoms with Gasteiger partial charge in [-0.25, -0.2) is 0 Å². The Balaban J connectivity index is 1.75. The van der Waals surface area contributed by atoms with Crippen LogP contribution in [0.15, 0.2) is 18.2 Å². The van der Waals surface area contributed by atoms with Crippen molar-refractivity contribution in [3.63, 3.8) is 0 Å². The molecule has 0 bridgehead atoms. The average Bonchev–Trinajstić information content (AvgIpc) is 2.96. The van der Waals surface area contributed by atoms with Gasteiger partial charge in [0.15, 0.2) is 0 Å². The number of amides is 3. The van der Waals surface area contributed by atoms with E-state index in [0.717, 1.165) is 18.2 Å². The molecule has 1 atom stereocenters. The number of benzene rings is 1. The molecule has 0 saturated carbocycles. The molecule has 0 radical (unpaired) electrons. The summed E-state index contributed by atoms with van der Waals surface area (Å²) in [7, 11) is 0. The number of carbonyl (C=O) groups is 3. The van der Waals surface area contributed by atoms with Crippen molar-refractivity contribution >= 4 is 39.3 Å². The first-order valence-electron chi connectivity index (χ1n) is 10.9. The summed E-state index contributed by atoms with van der Waals surface area (Å²) < 4.78 is 0. The van der Waals surface area contributed by atoms with Crippen LogP contribution in [0.5, 0.6) is 0 Å². The topological polar surface area (TPSA) is 66.5 Å². The van der Waals surface area contributed by atoms with Gasteiger partial charge in [0.25, 0.3) is 11.8 Å². The number of unbranched alkanes of at least 4 members (excludes halogenated alkanes) is 7. The van der Waals surface area contributed by atoms with Crippen molar-refractivity contribution in [1.82, 2.24) is 4.90 Å². The molecule has 1 aromatic carbocycles. The van der Waals surface area contributed by atoms with Crippen LogP contribution in [0.3, 0.4) is 0 Å². The lowest BCUT2D eigenvalue weighted by Gasteiger charge is -2.20. The van der Waals surface area contributed by atoms with Gasteiger partial charge in [0, 0.05) is 23.5 Å². The van der Waals surface area contributed by atoms with Gasteiger partial charge in [0.05, 0.1) is 11.1 Å². The summed E-state index contributed by atoms with van der Waals surface area (Å²) in [5.41, 5.74) is 1.38. The second-order valence-electron chi connectivity index (χ2n) is 7.81. The Morgan fingerprint density at radius 1 is 0.966 bits per heavy atom. The minimum Gasteiger partial charge on any atom is -0.326 e. The Hall–Kier alpha value is -1.69. The van der Waals surface area contributed by atoms with Crippen LogP contribution in [0.25, 0.3) is 0 Å². The van der Waals surface area contributed by atoms with Crippen LogP contribution >= 0.6 is 15.9 Å². The quantitative estimate of drug-likeness (QED) is 0.223. The second kappa shape index (κ2) is 12.1. The summed E-state index contributed by atoms with van der Waals surface area (Å²) in [6.07, 6.45) is 10.6. The summed E-state index contributed by atoms with van der Waals surface area (Å²) in [6, 6.07) is 4.84. The molecule has 2 rings (SSSR count). The molecule has 6 heteroatoms. The van der Waals surface area contributed by atoms with E-state index in [1.165, 1.54) is 43.4 Å². The number of halogens is 1. The van der Waals surface area contributed by atoms with E-state index in [4.69, 9.17) is 0 Å². The third-order valence-corrected chi connectivity index (χ3v) is 6.08. The number of nitrogens with zero attached hydrogens (tertiary/aromatic N) is 1. The maximum Gasteiger partial charge on any atom is 0.261 e. The smallest absolute Gasteiger partial charge is 0.261 e. The predicted octanol–water partition coefficient (Wildman–Crippen LogP) is 5.93. The Kier molecular flexibility index (Phi) is 9.85. The molecule has 1 aliphatic rings. The van der Waals surface area contributed by atoms with Crippen molar-refractivity contribution in [2.75, 3.05) is 10.6 Å². The molecule has 0 saturated heterocycles. The van der Waals surface area contributed by atoms with Crippen LogP contribution in [-0.2, 0) is 4.79 Å². The zero-order chi connectivity index (χ0) is 21.2. The fraction of sp³-hybridized carbons (Fsp3) is 0.609. The minimum absolute atomic E-state index is 0.0437. The Labute approximate surface area is 182 Å². The fourth-order valence-electron chi connectivity index (χ4n) is 3.58. The predicted molar refractivity (Wildman–Crippen MR) is 121 cm³/mol. The van der Waals surface area contributed by atoms with Gasteiger partial charge in [-0.15, -0.1) is 0 Å². The molecule has 1 unspecified atom stereocenters. The Bertz CT molecular complexity index is 720. The highest BCUT2D eigenvalue weighted by Gasteiger charge is 2.37. The zero-order valence-corrected chi connectivity index (χ0v) is 19.2. The van der Waals surface area contributed by atoms with Crippen LogP contribution in [-0.4, -0.2) is 34.0 Å². The lowest BCUT2D eigenvalue weighted by Crippen LogP contribution is -2.37. The van der Waals surface area contributed by atoms with Crippen molar-refractivity contribution in [2.24, 2.45) is 0 Å². The molecular formula is C23H33BrN2O3. The van der Waals surface area contributed by atoms with E-state index in [9.17, 15) is 14.4 Å². The molecule has 29 heavy (non-hydrogen) atoms. The summed E-state index contributed by atoms with van der Waals surface area (Å²) >= 11 is 3.45. The number of anilines is 1. The monoisotopic (exact) mass is 464 g/mol. The number of nitrogens with one attached hydrogen (secondary N) is 1. The molecule has 0 aromatic heterocycles. The van der Waals surface area contributed by atoms with Crippen LogP contribution in [0.4, 0.5) is 5.69 Å². The minimum atomic E-state index is -0.272. The maximum atomic E-state index is 12.6. The van der Waals surface area contributed by atoms with Gasteiger partial charge in [0.1, 0.15) is 0 Å². The molecule has 0 aliphatic carbocycles. The van der Waals surface area contributed by atoms with E-state index >= 15 is 0 Å². The van der Waals surface area contributed by atoms with E-state index in [1.54, 1.807) is 18.2 Å². The number of hydrogen-bond donors (Lipinski definition) is 1. The standard InChI is InChI=1S/C23H33BrN2O3/c1-3-17(2)26-22(28)19-14-13-18(16-20(19)23(26)29)25-21(27)12-10-8-6-4-5-7-9-11-15-24/h13-14,16-17H,3-12,15H2,1-2H3,(H,25,27). The molecule has 5 nitrogen and oxygen atoms in total. The third-order valence-electron chi connectivity index (χ3n) is 5.52. The van der Waals surface area contributed by atoms with E-state index in [2.05, 4.69) is 21.2 Å². The van der Waals surface area contributed by atoms with E-state index < -0.39 is 0 Å². The number of hydrogen-bond acceptors (Lipinski definition) is 3. The number of fused-ring (bicyclic) bond motifs is 1. The first-order chi connectivity index (χ1) is 14.0. The largest absolute Gasteiger partial charge is 0.326 e. The molecule has 1 aromatic rings. The molecule has 0 fully saturated rings. The first-order valence-corrected chi connectivity index (χ1v) is 12.0. The molecule has 1 heterocycles. The van der Waals surface area contributed by atoms with Crippen molar-refractivity contribution in [3.05, 3.63) is 29.3 Å². The first kappa shape index (κ1) is 23.6. The molecule has 1 N–H and O–H groups in total. The summed E-state index contributed by atoms with van der Waals surface area (Å²) in [5, 5.41) is 3.96. The van der Waals surface area contributed by atoms with E-state index in [-0.39, 0.29) is 23.8 Å². The number of alkyl halides is 1. The number of carbonyl (C=O) groups excluding carboxylic acids is 3. The number of imide groups is 1. The lowest BCUT2D eigenvalue weighted by molar-refractivity contribution is -0.116. The van der Waals surface area contributed by atoms with Crippen LogP contribution in [0.1, 0.15) is 98.8 Å². The zero-order valence-electron chi connectivity index (χ0n) is 17.6. The van der Waals surface area contributed by atoms with Gasteiger partial charge in [-0.05, 0) is 44.4 Å². The SMILES string of the molecule is CCC(C)N1C(=O)c2ccc(NC(=O)CCCCCCCCCCBr)cc2C1=O. The van der Waals surface area contributed by atoms with Gasteiger partial charge < -0.3 is 5.32 Å². The van der Waals surface area contributed by atoms with Crippen LogP contribution in [0.2, 0.25) is 0 Å². The summed E-state index contributed by atoms with van der Waals surface area (Å²) in [4.78, 5) is 38.6. The molecule has 1 aliphatic heterocycles.